The van der Waals surface area contributed by atoms with Gasteiger partial charge in [0, 0.05) is 11.8 Å². The second kappa shape index (κ2) is 11.8. The van der Waals surface area contributed by atoms with Crippen molar-refractivity contribution in [1.82, 2.24) is 14.5 Å². The van der Waals surface area contributed by atoms with Crippen LogP contribution in [0, 0.1) is 0 Å². The molecule has 19 heteroatoms. The Labute approximate surface area is 261 Å². The lowest BCUT2D eigenvalue weighted by Crippen LogP contribution is -2.65. The summed E-state index contributed by atoms with van der Waals surface area (Å²) in [6.07, 6.45) is -0.137. The highest BCUT2D eigenvalue weighted by Gasteiger charge is 2.62. The fraction of sp³-hybridized carbons (Fsp3) is 0.640. The van der Waals surface area contributed by atoms with Gasteiger partial charge < -0.3 is 33.4 Å². The molecule has 0 bridgehead atoms. The molecule has 4 N–H and O–H groups in total. The molecule has 4 heterocycles. The minimum Gasteiger partial charge on any atom is -0.467 e. The number of nitrogens with zero attached hydrogens (tertiary/aromatic N) is 3. The maximum atomic E-state index is 13.8. The molecule has 2 aromatic rings. The average molecular weight is 698 g/mol. The Bertz CT molecular complexity index is 1570. The van der Waals surface area contributed by atoms with E-state index >= 15 is 0 Å². The maximum absolute atomic E-state index is 13.8. The van der Waals surface area contributed by atoms with Crippen LogP contribution in [0.5, 0.6) is 0 Å². The standard InChI is InChI=1S/C25H38F3N5O7S2Si2/c1-12(2)43(13(3)4)36-10-17-19(39-44(40-43,14(5)6)15(7)8)20(38-42(34,35)25(26,27)28)24(37-17)33-9-16(22(30)41)18-21(29)31-11-32-23(18)33/h9,11-15,17,19H,10H2,1-8H3,(H2,30,41)(H2,29,31,32)/t17-,19-/m1/s1. The van der Waals surface area contributed by atoms with E-state index in [-0.39, 0.29) is 56.2 Å². The fourth-order valence-corrected chi connectivity index (χ4v) is 17.6. The highest BCUT2D eigenvalue weighted by atomic mass is 32.2. The van der Waals surface area contributed by atoms with Crippen molar-refractivity contribution in [3.63, 3.8) is 0 Å². The monoisotopic (exact) mass is 697 g/mol. The molecule has 0 radical (unpaired) electrons. The van der Waals surface area contributed by atoms with Gasteiger partial charge >= 0.3 is 32.7 Å². The van der Waals surface area contributed by atoms with Gasteiger partial charge in [0.2, 0.25) is 11.6 Å². The quantitative estimate of drug-likeness (QED) is 0.165. The number of aromatic nitrogens is 3. The molecule has 0 amide bonds. The number of anilines is 1. The molecular formula is C25H38F3N5O7S2Si2. The van der Waals surface area contributed by atoms with Gasteiger partial charge in [-0.05, 0) is 22.2 Å². The summed E-state index contributed by atoms with van der Waals surface area (Å²) in [6.45, 7) is 15.4. The maximum Gasteiger partial charge on any atom is 0.534 e. The number of fused-ring (bicyclic) bond motifs is 2. The number of thiocarbonyl (C=S) groups is 1. The molecule has 0 aliphatic carbocycles. The van der Waals surface area contributed by atoms with Crippen LogP contribution >= 0.6 is 12.2 Å². The molecule has 0 unspecified atom stereocenters. The summed E-state index contributed by atoms with van der Waals surface area (Å²) >= 11 is 5.17. The highest BCUT2D eigenvalue weighted by molar-refractivity contribution is 7.87. The summed E-state index contributed by atoms with van der Waals surface area (Å²) in [5, 5.41) is 0.193. The predicted octanol–water partition coefficient (Wildman–Crippen LogP) is 5.00. The van der Waals surface area contributed by atoms with Crippen molar-refractivity contribution in [3.8, 4) is 0 Å². The van der Waals surface area contributed by atoms with Gasteiger partial charge in [0.05, 0.1) is 12.0 Å². The second-order valence-electron chi connectivity index (χ2n) is 12.1. The van der Waals surface area contributed by atoms with Crippen LogP contribution in [0.3, 0.4) is 0 Å². The lowest BCUT2D eigenvalue weighted by Gasteiger charge is -2.51. The predicted molar refractivity (Wildman–Crippen MR) is 166 cm³/mol. The van der Waals surface area contributed by atoms with E-state index in [0.717, 1.165) is 6.33 Å². The number of nitrogens with two attached hydrogens (primary N) is 2. The first-order chi connectivity index (χ1) is 20.2. The van der Waals surface area contributed by atoms with Gasteiger partial charge in [-0.2, -0.15) is 21.6 Å². The van der Waals surface area contributed by atoms with Crippen LogP contribution in [0.2, 0.25) is 22.2 Å². The number of hydrogen-bond donors (Lipinski definition) is 2. The van der Waals surface area contributed by atoms with Gasteiger partial charge in [-0.1, -0.05) is 67.6 Å². The average Bonchev–Trinajstić information content (AvgIpc) is 3.41. The Morgan fingerprint density at radius 1 is 1.07 bits per heavy atom. The molecule has 44 heavy (non-hydrogen) atoms. The van der Waals surface area contributed by atoms with Crippen molar-refractivity contribution in [3.05, 3.63) is 23.8 Å². The third kappa shape index (κ3) is 5.64. The zero-order valence-electron chi connectivity index (χ0n) is 25.6. The van der Waals surface area contributed by atoms with Crippen LogP contribution in [-0.2, 0) is 32.0 Å². The SMILES string of the molecule is CC(C)[Si]1(C(C)C)OC[C@H]2OC(n3cc(C(N)=S)c4c(N)ncnc43)=C(OS(=O)(=O)C(F)(F)F)[C@@H]2O[Si](C(C)C)(C(C)C)O1. The van der Waals surface area contributed by atoms with Gasteiger partial charge in [-0.15, -0.1) is 0 Å². The molecule has 2 atom stereocenters. The summed E-state index contributed by atoms with van der Waals surface area (Å²) in [6, 6.07) is 0. The normalized spacial score (nSPS) is 22.4. The smallest absolute Gasteiger partial charge is 0.467 e. The van der Waals surface area contributed by atoms with Crippen LogP contribution in [0.4, 0.5) is 19.0 Å². The molecule has 1 saturated heterocycles. The van der Waals surface area contributed by atoms with Gasteiger partial charge in [0.25, 0.3) is 0 Å². The van der Waals surface area contributed by atoms with E-state index < -0.39 is 56.6 Å². The van der Waals surface area contributed by atoms with Crippen molar-refractivity contribution < 1.29 is 43.5 Å². The number of halogens is 3. The number of hydrogen-bond acceptors (Lipinski definition) is 11. The first-order valence-corrected chi connectivity index (χ1v) is 19.8. The molecule has 2 aliphatic rings. The Hall–Kier alpha value is -2.30. The Morgan fingerprint density at radius 3 is 2.14 bits per heavy atom. The van der Waals surface area contributed by atoms with Gasteiger partial charge in [-0.3, -0.25) is 4.57 Å². The molecule has 12 nitrogen and oxygen atoms in total. The van der Waals surface area contributed by atoms with E-state index in [1.54, 1.807) is 0 Å². The molecular weight excluding hydrogens is 660 g/mol. The number of alkyl halides is 3. The summed E-state index contributed by atoms with van der Waals surface area (Å²) in [4.78, 5) is 8.05. The highest BCUT2D eigenvalue weighted by Crippen LogP contribution is 2.49. The second-order valence-corrected chi connectivity index (χ2v) is 22.9. The third-order valence-electron chi connectivity index (χ3n) is 7.97. The Balaban J connectivity index is 2.03. The van der Waals surface area contributed by atoms with Crippen molar-refractivity contribution in [2.75, 3.05) is 12.3 Å². The number of rotatable bonds is 8. The van der Waals surface area contributed by atoms with Crippen molar-refractivity contribution in [2.24, 2.45) is 5.73 Å². The van der Waals surface area contributed by atoms with Crippen LogP contribution in [0.1, 0.15) is 61.0 Å². The Morgan fingerprint density at radius 2 is 1.64 bits per heavy atom. The summed E-state index contributed by atoms with van der Waals surface area (Å²) in [5.74, 6) is -1.19. The fourth-order valence-electron chi connectivity index (χ4n) is 5.78. The van der Waals surface area contributed by atoms with Crippen LogP contribution in [0.15, 0.2) is 18.3 Å². The lowest BCUT2D eigenvalue weighted by molar-refractivity contribution is -0.0544. The Kier molecular flexibility index (Phi) is 9.28. The molecule has 2 aromatic heterocycles. The summed E-state index contributed by atoms with van der Waals surface area (Å²) < 4.78 is 99.2. The van der Waals surface area contributed by atoms with Crippen molar-refractivity contribution >= 4 is 67.2 Å². The molecule has 246 valence electrons. The van der Waals surface area contributed by atoms with E-state index in [2.05, 4.69) is 9.97 Å². The minimum absolute atomic E-state index is 0.0183. The third-order valence-corrected chi connectivity index (χ3v) is 19.4. The van der Waals surface area contributed by atoms with E-state index in [1.807, 2.05) is 55.4 Å². The van der Waals surface area contributed by atoms with E-state index in [1.165, 1.54) is 10.8 Å². The number of nitrogen functional groups attached to an aromatic ring is 1. The molecule has 2 aliphatic heterocycles. The molecule has 0 saturated carbocycles. The van der Waals surface area contributed by atoms with Crippen LogP contribution < -0.4 is 11.5 Å². The van der Waals surface area contributed by atoms with E-state index in [0.29, 0.717) is 0 Å². The van der Waals surface area contributed by atoms with Crippen LogP contribution in [-0.4, -0.2) is 69.4 Å². The first-order valence-electron chi connectivity index (χ1n) is 14.0. The van der Waals surface area contributed by atoms with Crippen molar-refractivity contribution in [2.45, 2.75) is 95.3 Å². The zero-order chi connectivity index (χ0) is 33.2. The van der Waals surface area contributed by atoms with Gasteiger partial charge in [0.1, 0.15) is 17.1 Å². The molecule has 0 aromatic carbocycles. The zero-order valence-corrected chi connectivity index (χ0v) is 29.3. The van der Waals surface area contributed by atoms with Gasteiger partial charge in [-0.25, -0.2) is 9.97 Å². The van der Waals surface area contributed by atoms with Gasteiger partial charge in [0.15, 0.2) is 17.9 Å². The van der Waals surface area contributed by atoms with E-state index in [4.69, 9.17) is 45.6 Å². The van der Waals surface area contributed by atoms with Crippen LogP contribution in [0.25, 0.3) is 16.9 Å². The molecule has 4 rings (SSSR count). The van der Waals surface area contributed by atoms with Crippen molar-refractivity contribution in [1.29, 1.82) is 0 Å². The first kappa shape index (κ1) is 34.6. The largest absolute Gasteiger partial charge is 0.534 e. The lowest BCUT2D eigenvalue weighted by atomic mass is 10.2. The molecule has 1 fully saturated rings. The minimum atomic E-state index is -6.19. The topological polar surface area (TPSA) is 163 Å². The summed E-state index contributed by atoms with van der Waals surface area (Å²) in [5.41, 5.74) is 5.93. The summed E-state index contributed by atoms with van der Waals surface area (Å²) in [7, 11) is -12.7. The number of ether oxygens (including phenoxy) is 1. The molecule has 0 spiro atoms. The van der Waals surface area contributed by atoms with E-state index in [9.17, 15) is 21.6 Å².